The maximum absolute atomic E-state index is 9.01. The van der Waals surface area contributed by atoms with Crippen molar-refractivity contribution in [1.29, 1.82) is 0 Å². The summed E-state index contributed by atoms with van der Waals surface area (Å²) in [5.41, 5.74) is 12.5. The van der Waals surface area contributed by atoms with Crippen LogP contribution in [0.15, 0.2) is 49.2 Å². The molecule has 37 heavy (non-hydrogen) atoms. The zero-order valence-electron chi connectivity index (χ0n) is 21.7. The quantitative estimate of drug-likeness (QED) is 0.451. The number of nitrogens with one attached hydrogen (secondary N) is 1. The second kappa shape index (κ2) is 10.7. The van der Waals surface area contributed by atoms with E-state index in [1.807, 2.05) is 12.3 Å². The molecular weight excluding hydrogens is 464 g/mol. The maximum Gasteiger partial charge on any atom is 0.223 e. The van der Waals surface area contributed by atoms with Crippen LogP contribution in [0.1, 0.15) is 23.7 Å². The highest BCUT2D eigenvalue weighted by Crippen LogP contribution is 2.32. The van der Waals surface area contributed by atoms with Gasteiger partial charge in [0, 0.05) is 63.1 Å². The van der Waals surface area contributed by atoms with Crippen molar-refractivity contribution in [3.63, 3.8) is 0 Å². The van der Waals surface area contributed by atoms with Crippen molar-refractivity contribution in [2.24, 2.45) is 0 Å². The molecule has 0 aliphatic carbocycles. The van der Waals surface area contributed by atoms with E-state index in [-0.39, 0.29) is 6.61 Å². The number of rotatable bonds is 7. The first-order chi connectivity index (χ1) is 17.9. The van der Waals surface area contributed by atoms with Gasteiger partial charge in [0.1, 0.15) is 11.6 Å². The monoisotopic (exact) mass is 500 g/mol. The standard InChI is InChI=1S/C28H36N8O/c1-19-14-21-4-5-22(23-6-7-25(31-17-23)20(2)30-8-13-37)15-24(21)18-36(19)27-16-26(32-28(29)33-27)35-11-9-34(3)10-12-35/h4-7,15-17,19,30,37H,2,8-14,18H2,1,3H3,(H2,29,32,33). The van der Waals surface area contributed by atoms with Crippen LogP contribution in [0.4, 0.5) is 17.6 Å². The predicted molar refractivity (Wildman–Crippen MR) is 149 cm³/mol. The van der Waals surface area contributed by atoms with Crippen LogP contribution in [0, 0.1) is 0 Å². The molecule has 194 valence electrons. The molecule has 9 nitrogen and oxygen atoms in total. The third-order valence-electron chi connectivity index (χ3n) is 7.29. The molecule has 0 amide bonds. The van der Waals surface area contributed by atoms with Gasteiger partial charge in [-0.3, -0.25) is 4.98 Å². The van der Waals surface area contributed by atoms with Gasteiger partial charge in [0.25, 0.3) is 0 Å². The van der Waals surface area contributed by atoms with Gasteiger partial charge in [-0.1, -0.05) is 24.8 Å². The van der Waals surface area contributed by atoms with E-state index in [0.29, 0.717) is 24.2 Å². The summed E-state index contributed by atoms with van der Waals surface area (Å²) in [4.78, 5) is 20.7. The first-order valence-corrected chi connectivity index (χ1v) is 12.9. The largest absolute Gasteiger partial charge is 0.395 e. The van der Waals surface area contributed by atoms with Crippen LogP contribution in [0.25, 0.3) is 16.8 Å². The van der Waals surface area contributed by atoms with Crippen LogP contribution in [0.2, 0.25) is 0 Å². The number of hydrogen-bond donors (Lipinski definition) is 3. The summed E-state index contributed by atoms with van der Waals surface area (Å²) in [5.74, 6) is 2.10. The number of aliphatic hydroxyl groups is 1. The Morgan fingerprint density at radius 2 is 1.81 bits per heavy atom. The Morgan fingerprint density at radius 1 is 1.05 bits per heavy atom. The van der Waals surface area contributed by atoms with E-state index in [9.17, 15) is 0 Å². The maximum atomic E-state index is 9.01. The number of nitrogen functional groups attached to an aromatic ring is 1. The minimum absolute atomic E-state index is 0.0562. The lowest BCUT2D eigenvalue weighted by atomic mass is 9.91. The number of benzene rings is 1. The van der Waals surface area contributed by atoms with E-state index < -0.39 is 0 Å². The average molecular weight is 501 g/mol. The number of piperazine rings is 1. The number of hydrogen-bond acceptors (Lipinski definition) is 9. The Bertz CT molecular complexity index is 1250. The smallest absolute Gasteiger partial charge is 0.223 e. The minimum atomic E-state index is 0.0562. The minimum Gasteiger partial charge on any atom is -0.395 e. The van der Waals surface area contributed by atoms with Gasteiger partial charge in [-0.15, -0.1) is 0 Å². The summed E-state index contributed by atoms with van der Waals surface area (Å²) < 4.78 is 0. The van der Waals surface area contributed by atoms with E-state index in [2.05, 4.69) is 85.9 Å². The number of likely N-dealkylation sites (N-methyl/N-ethyl adjacent to an activating group) is 1. The van der Waals surface area contributed by atoms with Crippen LogP contribution < -0.4 is 20.9 Å². The van der Waals surface area contributed by atoms with Gasteiger partial charge >= 0.3 is 0 Å². The number of aliphatic hydroxyl groups excluding tert-OH is 1. The summed E-state index contributed by atoms with van der Waals surface area (Å²) in [7, 11) is 2.15. The molecule has 2 aliphatic heterocycles. The third kappa shape index (κ3) is 5.52. The summed E-state index contributed by atoms with van der Waals surface area (Å²) in [5, 5.41) is 12.1. The van der Waals surface area contributed by atoms with Crippen molar-refractivity contribution >= 4 is 23.3 Å². The van der Waals surface area contributed by atoms with Gasteiger partial charge in [0.05, 0.1) is 18.0 Å². The molecule has 0 saturated carbocycles. The Balaban J connectivity index is 1.37. The van der Waals surface area contributed by atoms with E-state index in [0.717, 1.165) is 67.6 Å². The molecule has 5 rings (SSSR count). The Kier molecular flexibility index (Phi) is 7.25. The average Bonchev–Trinajstić information content (AvgIpc) is 2.91. The molecular formula is C28H36N8O. The number of nitrogens with zero attached hydrogens (tertiary/aromatic N) is 6. The molecule has 1 saturated heterocycles. The summed E-state index contributed by atoms with van der Waals surface area (Å²) in [6, 6.07) is 13.1. The third-order valence-corrected chi connectivity index (χ3v) is 7.29. The Hall–Kier alpha value is -3.69. The molecule has 0 spiro atoms. The van der Waals surface area contributed by atoms with Gasteiger partial charge in [0.15, 0.2) is 0 Å². The topological polar surface area (TPSA) is 107 Å². The van der Waals surface area contributed by atoms with Crippen molar-refractivity contribution in [1.82, 2.24) is 25.2 Å². The number of anilines is 3. The van der Waals surface area contributed by atoms with Gasteiger partial charge < -0.3 is 30.9 Å². The molecule has 0 radical (unpaired) electrons. The molecule has 4 heterocycles. The normalized spacial score (nSPS) is 18.0. The second-order valence-electron chi connectivity index (χ2n) is 9.96. The highest BCUT2D eigenvalue weighted by molar-refractivity contribution is 5.67. The lowest BCUT2D eigenvalue weighted by Crippen LogP contribution is -2.45. The van der Waals surface area contributed by atoms with Crippen LogP contribution in [-0.2, 0) is 13.0 Å². The van der Waals surface area contributed by atoms with Gasteiger partial charge in [0.2, 0.25) is 5.95 Å². The van der Waals surface area contributed by atoms with Crippen LogP contribution in [0.3, 0.4) is 0 Å². The summed E-state index contributed by atoms with van der Waals surface area (Å²) in [6.07, 6.45) is 2.82. The van der Waals surface area contributed by atoms with Crippen molar-refractivity contribution in [3.8, 4) is 11.1 Å². The van der Waals surface area contributed by atoms with Crippen molar-refractivity contribution in [3.05, 3.63) is 66.0 Å². The van der Waals surface area contributed by atoms with E-state index in [4.69, 9.17) is 10.8 Å². The molecule has 1 fully saturated rings. The molecule has 0 bridgehead atoms. The zero-order valence-corrected chi connectivity index (χ0v) is 21.7. The van der Waals surface area contributed by atoms with Crippen molar-refractivity contribution in [2.75, 3.05) is 61.9 Å². The van der Waals surface area contributed by atoms with Crippen LogP contribution >= 0.6 is 0 Å². The number of nitrogens with two attached hydrogens (primary N) is 1. The molecule has 4 N–H and O–H groups in total. The first kappa shape index (κ1) is 25.0. The molecule has 9 heteroatoms. The lowest BCUT2D eigenvalue weighted by Gasteiger charge is -2.37. The molecule has 3 aromatic rings. The van der Waals surface area contributed by atoms with Gasteiger partial charge in [-0.25, -0.2) is 0 Å². The molecule has 1 atom stereocenters. The predicted octanol–water partition coefficient (Wildman–Crippen LogP) is 2.38. The fourth-order valence-electron chi connectivity index (χ4n) is 5.05. The Morgan fingerprint density at radius 3 is 2.54 bits per heavy atom. The van der Waals surface area contributed by atoms with Crippen LogP contribution in [0.5, 0.6) is 0 Å². The lowest BCUT2D eigenvalue weighted by molar-refractivity contribution is 0.299. The second-order valence-corrected chi connectivity index (χ2v) is 9.96. The van der Waals surface area contributed by atoms with E-state index in [1.165, 1.54) is 11.1 Å². The molecule has 2 aromatic heterocycles. The van der Waals surface area contributed by atoms with Gasteiger partial charge in [-0.2, -0.15) is 9.97 Å². The summed E-state index contributed by atoms with van der Waals surface area (Å²) >= 11 is 0. The Labute approximate surface area is 218 Å². The van der Waals surface area contributed by atoms with Crippen molar-refractivity contribution < 1.29 is 5.11 Å². The number of fused-ring (bicyclic) bond motifs is 1. The van der Waals surface area contributed by atoms with Crippen molar-refractivity contribution in [2.45, 2.75) is 25.9 Å². The van der Waals surface area contributed by atoms with E-state index >= 15 is 0 Å². The number of pyridine rings is 1. The number of aromatic nitrogens is 3. The molecule has 1 aromatic carbocycles. The fourth-order valence-corrected chi connectivity index (χ4v) is 5.05. The van der Waals surface area contributed by atoms with E-state index in [1.54, 1.807) is 0 Å². The first-order valence-electron chi connectivity index (χ1n) is 12.9. The SMILES string of the molecule is C=C(NCCO)c1ccc(-c2ccc3c(c2)CN(c2cc(N4CCN(C)CC4)nc(N)n2)C(C)C3)cn1. The zero-order chi connectivity index (χ0) is 25.9. The highest BCUT2D eigenvalue weighted by atomic mass is 16.3. The molecule has 2 aliphatic rings. The fraction of sp³-hybridized carbons (Fsp3) is 0.393. The summed E-state index contributed by atoms with van der Waals surface area (Å²) in [6.45, 7) is 11.4. The van der Waals surface area contributed by atoms with Crippen LogP contribution in [-0.4, -0.2) is 77.4 Å². The molecule has 1 unspecified atom stereocenters. The highest BCUT2D eigenvalue weighted by Gasteiger charge is 2.26. The van der Waals surface area contributed by atoms with Gasteiger partial charge in [-0.05, 0) is 49.2 Å².